The number of aromatic nitrogens is 1. The summed E-state index contributed by atoms with van der Waals surface area (Å²) in [5, 5.41) is 2.92. The van der Waals surface area contributed by atoms with E-state index in [0.717, 1.165) is 33.6 Å². The number of nitrogens with one attached hydrogen (secondary N) is 1. The van der Waals surface area contributed by atoms with Gasteiger partial charge < -0.3 is 5.32 Å². The number of amides is 1. The number of hydrogen-bond donors (Lipinski definition) is 1. The van der Waals surface area contributed by atoms with E-state index in [1.54, 1.807) is 4.57 Å². The van der Waals surface area contributed by atoms with E-state index in [1.165, 1.54) is 0 Å². The van der Waals surface area contributed by atoms with Crippen LogP contribution < -0.4 is 10.2 Å². The van der Waals surface area contributed by atoms with Gasteiger partial charge in [0.15, 0.2) is 0 Å². The maximum absolute atomic E-state index is 12.6. The molecular formula is C21H22N2O2S. The van der Waals surface area contributed by atoms with Gasteiger partial charge in [-0.2, -0.15) is 0 Å². The first-order valence-corrected chi connectivity index (χ1v) is 9.36. The van der Waals surface area contributed by atoms with Crippen LogP contribution in [-0.2, 0) is 13.1 Å². The van der Waals surface area contributed by atoms with Crippen LogP contribution in [0, 0.1) is 20.8 Å². The van der Waals surface area contributed by atoms with E-state index < -0.39 is 0 Å². The highest BCUT2D eigenvalue weighted by molar-refractivity contribution is 7.11. The molecule has 0 bridgehead atoms. The van der Waals surface area contributed by atoms with Gasteiger partial charge in [0.1, 0.15) is 4.88 Å². The predicted octanol–water partition coefficient (Wildman–Crippen LogP) is 3.81. The van der Waals surface area contributed by atoms with Gasteiger partial charge in [-0.25, -0.2) is 0 Å². The molecular weight excluding hydrogens is 344 g/mol. The second-order valence-electron chi connectivity index (χ2n) is 6.47. The van der Waals surface area contributed by atoms with Crippen molar-refractivity contribution in [1.29, 1.82) is 0 Å². The molecule has 3 aromatic rings. The number of carbonyl (C=O) groups excluding carboxylic acids is 1. The number of thiazole rings is 1. The van der Waals surface area contributed by atoms with Crippen LogP contribution >= 0.6 is 11.3 Å². The van der Waals surface area contributed by atoms with E-state index in [9.17, 15) is 9.59 Å². The van der Waals surface area contributed by atoms with Crippen molar-refractivity contribution in [3.8, 4) is 0 Å². The van der Waals surface area contributed by atoms with Gasteiger partial charge >= 0.3 is 4.87 Å². The summed E-state index contributed by atoms with van der Waals surface area (Å²) in [6.45, 7) is 6.81. The van der Waals surface area contributed by atoms with Crippen LogP contribution in [0.3, 0.4) is 0 Å². The first kappa shape index (κ1) is 18.1. The number of aryl methyl sites for hydroxylation is 2. The van der Waals surface area contributed by atoms with Crippen molar-refractivity contribution in [3.63, 3.8) is 0 Å². The van der Waals surface area contributed by atoms with Crippen molar-refractivity contribution >= 4 is 17.2 Å². The van der Waals surface area contributed by atoms with Crippen LogP contribution in [0.5, 0.6) is 0 Å². The molecule has 0 atom stereocenters. The van der Waals surface area contributed by atoms with Crippen LogP contribution in [0.15, 0.2) is 53.3 Å². The Bertz CT molecular complexity index is 1000. The molecule has 4 nitrogen and oxygen atoms in total. The zero-order valence-electron chi connectivity index (χ0n) is 15.2. The minimum atomic E-state index is -0.199. The Kier molecular flexibility index (Phi) is 5.38. The molecule has 0 unspecified atom stereocenters. The Labute approximate surface area is 157 Å². The van der Waals surface area contributed by atoms with Crippen molar-refractivity contribution in [2.45, 2.75) is 33.9 Å². The Morgan fingerprint density at radius 2 is 1.85 bits per heavy atom. The van der Waals surface area contributed by atoms with Crippen molar-refractivity contribution < 1.29 is 4.79 Å². The lowest BCUT2D eigenvalue weighted by molar-refractivity contribution is 0.0954. The fourth-order valence-electron chi connectivity index (χ4n) is 2.91. The second kappa shape index (κ2) is 7.70. The van der Waals surface area contributed by atoms with Crippen LogP contribution in [0.4, 0.5) is 0 Å². The number of hydrogen-bond acceptors (Lipinski definition) is 3. The third kappa shape index (κ3) is 3.94. The van der Waals surface area contributed by atoms with Crippen LogP contribution in [0.2, 0.25) is 0 Å². The molecule has 0 spiro atoms. The molecule has 0 saturated heterocycles. The average molecular weight is 366 g/mol. The molecule has 3 rings (SSSR count). The maximum Gasteiger partial charge on any atom is 0.308 e. The van der Waals surface area contributed by atoms with Gasteiger partial charge in [-0.1, -0.05) is 65.4 Å². The Morgan fingerprint density at radius 1 is 1.08 bits per heavy atom. The molecule has 0 radical (unpaired) electrons. The van der Waals surface area contributed by atoms with Crippen molar-refractivity contribution in [2.24, 2.45) is 0 Å². The highest BCUT2D eigenvalue weighted by Gasteiger charge is 2.18. The van der Waals surface area contributed by atoms with Crippen molar-refractivity contribution in [3.05, 3.63) is 91.0 Å². The summed E-state index contributed by atoms with van der Waals surface area (Å²) in [4.78, 5) is 25.3. The van der Waals surface area contributed by atoms with Gasteiger partial charge in [-0.15, -0.1) is 0 Å². The summed E-state index contributed by atoms with van der Waals surface area (Å²) < 4.78 is 1.68. The molecule has 2 aromatic carbocycles. The third-order valence-electron chi connectivity index (χ3n) is 4.47. The first-order valence-electron chi connectivity index (χ1n) is 8.54. The number of nitrogens with zero attached hydrogens (tertiary/aromatic N) is 1. The molecule has 0 fully saturated rings. The van der Waals surface area contributed by atoms with E-state index in [0.29, 0.717) is 23.7 Å². The zero-order chi connectivity index (χ0) is 18.7. The highest BCUT2D eigenvalue weighted by Crippen LogP contribution is 2.16. The second-order valence-corrected chi connectivity index (χ2v) is 7.43. The minimum Gasteiger partial charge on any atom is -0.347 e. The SMILES string of the molecule is Cc1cccc(CNC(=O)c2sc(=O)n(Cc3ccccc3C)c2C)c1. The van der Waals surface area contributed by atoms with E-state index in [2.05, 4.69) is 5.32 Å². The lowest BCUT2D eigenvalue weighted by Gasteiger charge is -2.09. The number of rotatable bonds is 5. The van der Waals surface area contributed by atoms with Crippen LogP contribution in [0.1, 0.15) is 37.6 Å². The third-order valence-corrected chi connectivity index (χ3v) is 5.55. The molecule has 1 aromatic heterocycles. The summed E-state index contributed by atoms with van der Waals surface area (Å²) >= 11 is 1.01. The molecule has 134 valence electrons. The average Bonchev–Trinajstić information content (AvgIpc) is 2.90. The fourth-order valence-corrected chi connectivity index (χ4v) is 3.82. The molecule has 5 heteroatoms. The summed E-state index contributed by atoms with van der Waals surface area (Å²) in [7, 11) is 0. The Morgan fingerprint density at radius 3 is 2.58 bits per heavy atom. The standard InChI is InChI=1S/C21H22N2O2S/c1-14-7-6-9-17(11-14)12-22-20(24)19-16(3)23(21(25)26-19)13-18-10-5-4-8-15(18)2/h4-11H,12-13H2,1-3H3,(H,22,24). The lowest BCUT2D eigenvalue weighted by atomic mass is 10.1. The summed E-state index contributed by atoms with van der Waals surface area (Å²) in [6.07, 6.45) is 0. The molecule has 1 heterocycles. The van der Waals surface area contributed by atoms with E-state index >= 15 is 0 Å². The molecule has 0 aliphatic carbocycles. The van der Waals surface area contributed by atoms with Gasteiger partial charge in [0.2, 0.25) is 0 Å². The summed E-state index contributed by atoms with van der Waals surface area (Å²) in [6, 6.07) is 16.0. The quantitative estimate of drug-likeness (QED) is 0.746. The van der Waals surface area contributed by atoms with Gasteiger partial charge in [-0.05, 0) is 37.5 Å². The lowest BCUT2D eigenvalue weighted by Crippen LogP contribution is -2.23. The number of carbonyl (C=O) groups is 1. The largest absolute Gasteiger partial charge is 0.347 e. The topological polar surface area (TPSA) is 51.1 Å². The van der Waals surface area contributed by atoms with E-state index in [-0.39, 0.29) is 10.8 Å². The van der Waals surface area contributed by atoms with Crippen LogP contribution in [0.25, 0.3) is 0 Å². The molecule has 1 N–H and O–H groups in total. The Hall–Kier alpha value is -2.66. The maximum atomic E-state index is 12.6. The Balaban J connectivity index is 1.77. The van der Waals surface area contributed by atoms with Gasteiger partial charge in [0.25, 0.3) is 5.91 Å². The molecule has 0 saturated carbocycles. The van der Waals surface area contributed by atoms with Gasteiger partial charge in [0, 0.05) is 12.2 Å². The van der Waals surface area contributed by atoms with Gasteiger partial charge in [0.05, 0.1) is 6.54 Å². The summed E-state index contributed by atoms with van der Waals surface area (Å²) in [5.74, 6) is -0.199. The van der Waals surface area contributed by atoms with Crippen molar-refractivity contribution in [1.82, 2.24) is 9.88 Å². The molecule has 26 heavy (non-hydrogen) atoms. The summed E-state index contributed by atoms with van der Waals surface area (Å²) in [5.41, 5.74) is 5.13. The van der Waals surface area contributed by atoms with Crippen molar-refractivity contribution in [2.75, 3.05) is 0 Å². The fraction of sp³-hybridized carbons (Fsp3) is 0.238. The van der Waals surface area contributed by atoms with E-state index in [4.69, 9.17) is 0 Å². The molecule has 1 amide bonds. The molecule has 0 aliphatic heterocycles. The minimum absolute atomic E-state index is 0.105. The predicted molar refractivity (Wildman–Crippen MR) is 106 cm³/mol. The first-order chi connectivity index (χ1) is 12.5. The number of benzene rings is 2. The van der Waals surface area contributed by atoms with E-state index in [1.807, 2.05) is 69.3 Å². The molecule has 0 aliphatic rings. The highest BCUT2D eigenvalue weighted by atomic mass is 32.1. The normalized spacial score (nSPS) is 10.7. The zero-order valence-corrected chi connectivity index (χ0v) is 16.0. The van der Waals surface area contributed by atoms with Crippen LogP contribution in [-0.4, -0.2) is 10.5 Å². The monoisotopic (exact) mass is 366 g/mol. The van der Waals surface area contributed by atoms with Gasteiger partial charge in [-0.3, -0.25) is 14.2 Å². The smallest absolute Gasteiger partial charge is 0.308 e.